The number of nitrogens with one attached hydrogen (secondary N) is 1. The number of alkyl halides is 3. The van der Waals surface area contributed by atoms with E-state index in [-0.39, 0.29) is 28.4 Å². The first-order chi connectivity index (χ1) is 17.0. The van der Waals surface area contributed by atoms with E-state index < -0.39 is 23.9 Å². The van der Waals surface area contributed by atoms with Crippen LogP contribution in [0.25, 0.3) is 11.3 Å². The van der Waals surface area contributed by atoms with Gasteiger partial charge in [-0.05, 0) is 37.5 Å². The quantitative estimate of drug-likeness (QED) is 0.493. The van der Waals surface area contributed by atoms with Crippen LogP contribution in [-0.4, -0.2) is 37.4 Å². The average Bonchev–Trinajstić information content (AvgIpc) is 3.26. The van der Waals surface area contributed by atoms with E-state index in [9.17, 15) is 23.1 Å². The van der Waals surface area contributed by atoms with Crippen molar-refractivity contribution in [1.82, 2.24) is 20.1 Å². The van der Waals surface area contributed by atoms with E-state index in [2.05, 4.69) is 15.4 Å². The van der Waals surface area contributed by atoms with Crippen LogP contribution in [-0.2, 0) is 16.5 Å². The van der Waals surface area contributed by atoms with Crippen LogP contribution in [0.1, 0.15) is 42.9 Å². The molecular weight excluding hydrogens is 520 g/mol. The molecule has 2 bridgehead atoms. The van der Waals surface area contributed by atoms with Crippen LogP contribution < -0.4 is 10.1 Å². The molecule has 1 aromatic carbocycles. The van der Waals surface area contributed by atoms with Crippen LogP contribution >= 0.6 is 23.2 Å². The number of halogens is 5. The van der Waals surface area contributed by atoms with Gasteiger partial charge in [-0.15, -0.1) is 0 Å². The number of pyridine rings is 1. The van der Waals surface area contributed by atoms with Crippen molar-refractivity contribution in [1.29, 1.82) is 0 Å². The Morgan fingerprint density at radius 2 is 1.89 bits per heavy atom. The number of aliphatic hydroxyl groups excluding tert-OH is 1. The van der Waals surface area contributed by atoms with E-state index in [4.69, 9.17) is 27.9 Å². The first-order valence-electron chi connectivity index (χ1n) is 11.2. The lowest BCUT2D eigenvalue weighted by molar-refractivity contribution is -0.165. The van der Waals surface area contributed by atoms with Gasteiger partial charge in [0.1, 0.15) is 5.75 Å². The van der Waals surface area contributed by atoms with Crippen LogP contribution in [0.4, 0.5) is 13.2 Å². The highest BCUT2D eigenvalue weighted by molar-refractivity contribution is 6.42. The SMILES string of the molecule is O=C(NC12CC(n3cc(-c4ccc(C(F)(F)F)cn4)cn3)(C1)C2)[C@H]1C[C@@H](O)c2cc(Cl)c(Cl)cc2O1. The smallest absolute Gasteiger partial charge is 0.417 e. The summed E-state index contributed by atoms with van der Waals surface area (Å²) in [4.78, 5) is 16.9. The van der Waals surface area contributed by atoms with Crippen molar-refractivity contribution in [2.45, 2.75) is 55.1 Å². The van der Waals surface area contributed by atoms with Crippen LogP contribution in [0.2, 0.25) is 10.0 Å². The molecule has 3 aromatic rings. The highest BCUT2D eigenvalue weighted by Gasteiger charge is 2.70. The second-order valence-electron chi connectivity index (χ2n) is 9.79. The van der Waals surface area contributed by atoms with Crippen molar-refractivity contribution in [3.05, 3.63) is 64.0 Å². The number of hydrogen-bond donors (Lipinski definition) is 2. The zero-order valence-corrected chi connectivity index (χ0v) is 20.0. The summed E-state index contributed by atoms with van der Waals surface area (Å²) in [6.45, 7) is 0. The molecule has 188 valence electrons. The van der Waals surface area contributed by atoms with Gasteiger partial charge in [0.2, 0.25) is 0 Å². The Balaban J connectivity index is 1.09. The van der Waals surface area contributed by atoms with Crippen molar-refractivity contribution < 1.29 is 27.8 Å². The highest BCUT2D eigenvalue weighted by atomic mass is 35.5. The molecular formula is C24H19Cl2F3N4O3. The maximum Gasteiger partial charge on any atom is 0.417 e. The lowest BCUT2D eigenvalue weighted by Crippen LogP contribution is -2.79. The molecule has 7 nitrogen and oxygen atoms in total. The number of aromatic nitrogens is 3. The average molecular weight is 539 g/mol. The fourth-order valence-electron chi connectivity index (χ4n) is 5.50. The highest BCUT2D eigenvalue weighted by Crippen LogP contribution is 2.65. The van der Waals surface area contributed by atoms with Gasteiger partial charge in [-0.2, -0.15) is 18.3 Å². The Kier molecular flexibility index (Phi) is 5.13. The largest absolute Gasteiger partial charge is 0.480 e. The van der Waals surface area contributed by atoms with E-state index in [0.717, 1.165) is 12.3 Å². The Morgan fingerprint density at radius 3 is 2.56 bits per heavy atom. The molecule has 36 heavy (non-hydrogen) atoms. The van der Waals surface area contributed by atoms with E-state index >= 15 is 0 Å². The van der Waals surface area contributed by atoms with Crippen molar-refractivity contribution >= 4 is 29.1 Å². The monoisotopic (exact) mass is 538 g/mol. The number of benzene rings is 1. The lowest BCUT2D eigenvalue weighted by atomic mass is 9.44. The van der Waals surface area contributed by atoms with Crippen LogP contribution in [0, 0.1) is 0 Å². The molecule has 0 saturated heterocycles. The lowest BCUT2D eigenvalue weighted by Gasteiger charge is -2.70. The maximum absolute atomic E-state index is 12.9. The van der Waals surface area contributed by atoms with Gasteiger partial charge in [0.05, 0.1) is 39.1 Å². The third kappa shape index (κ3) is 3.74. The fourth-order valence-corrected chi connectivity index (χ4v) is 5.82. The molecule has 1 aliphatic heterocycles. The fraction of sp³-hybridized carbons (Fsp3) is 0.375. The number of fused-ring (bicyclic) bond motifs is 1. The van der Waals surface area contributed by atoms with Gasteiger partial charge in [-0.25, -0.2) is 0 Å². The topological polar surface area (TPSA) is 89.3 Å². The van der Waals surface area contributed by atoms with Crippen molar-refractivity contribution in [3.63, 3.8) is 0 Å². The van der Waals surface area contributed by atoms with Gasteiger partial charge >= 0.3 is 6.18 Å². The second kappa shape index (κ2) is 7.84. The Labute approximate surface area is 213 Å². The summed E-state index contributed by atoms with van der Waals surface area (Å²) in [5.74, 6) is 0.0208. The van der Waals surface area contributed by atoms with Gasteiger partial charge in [-0.3, -0.25) is 14.5 Å². The van der Waals surface area contributed by atoms with E-state index in [1.54, 1.807) is 23.1 Å². The Bertz CT molecular complexity index is 1360. The molecule has 12 heteroatoms. The molecule has 3 saturated carbocycles. The predicted molar refractivity (Wildman–Crippen MR) is 124 cm³/mol. The van der Waals surface area contributed by atoms with E-state index in [0.29, 0.717) is 46.9 Å². The maximum atomic E-state index is 12.9. The number of aliphatic hydroxyl groups is 1. The van der Waals surface area contributed by atoms with E-state index in [1.807, 2.05) is 0 Å². The molecule has 4 aliphatic rings. The molecule has 7 rings (SSSR count). The van der Waals surface area contributed by atoms with Gasteiger partial charge in [0.15, 0.2) is 6.10 Å². The first kappa shape index (κ1) is 23.6. The minimum Gasteiger partial charge on any atom is -0.480 e. The van der Waals surface area contributed by atoms with Crippen molar-refractivity contribution in [3.8, 4) is 17.0 Å². The molecule has 0 unspecified atom stereocenters. The summed E-state index contributed by atoms with van der Waals surface area (Å²) < 4.78 is 46.0. The number of hydrogen-bond acceptors (Lipinski definition) is 5. The third-order valence-electron chi connectivity index (χ3n) is 7.26. The first-order valence-corrected chi connectivity index (χ1v) is 12.0. The molecule has 0 spiro atoms. The van der Waals surface area contributed by atoms with Gasteiger partial charge < -0.3 is 15.2 Å². The van der Waals surface area contributed by atoms with Gasteiger partial charge in [0, 0.05) is 41.5 Å². The molecule has 2 aromatic heterocycles. The number of ether oxygens (including phenoxy) is 1. The van der Waals surface area contributed by atoms with Crippen LogP contribution in [0.15, 0.2) is 42.9 Å². The summed E-state index contributed by atoms with van der Waals surface area (Å²) in [6, 6.07) is 5.36. The summed E-state index contributed by atoms with van der Waals surface area (Å²) >= 11 is 12.1. The predicted octanol–water partition coefficient (Wildman–Crippen LogP) is 4.90. The Hall–Kier alpha value is -2.82. The zero-order valence-electron chi connectivity index (χ0n) is 18.5. The molecule has 2 N–H and O–H groups in total. The minimum atomic E-state index is -4.44. The number of carbonyl (C=O) groups is 1. The Morgan fingerprint density at radius 1 is 1.17 bits per heavy atom. The van der Waals surface area contributed by atoms with Crippen LogP contribution in [0.3, 0.4) is 0 Å². The van der Waals surface area contributed by atoms with Crippen LogP contribution in [0.5, 0.6) is 5.75 Å². The summed E-state index contributed by atoms with van der Waals surface area (Å²) in [6.07, 6.45) is 0.0498. The van der Waals surface area contributed by atoms with Crippen molar-refractivity contribution in [2.75, 3.05) is 0 Å². The number of amides is 1. The van der Waals surface area contributed by atoms with Crippen molar-refractivity contribution in [2.24, 2.45) is 0 Å². The molecule has 3 fully saturated rings. The molecule has 3 aliphatic carbocycles. The molecule has 2 atom stereocenters. The van der Waals surface area contributed by atoms with Gasteiger partial charge in [0.25, 0.3) is 5.91 Å². The van der Waals surface area contributed by atoms with Gasteiger partial charge in [-0.1, -0.05) is 23.2 Å². The third-order valence-corrected chi connectivity index (χ3v) is 7.98. The standard InChI is InChI=1S/C24H19Cl2F3N4O3/c25-15-3-14-18(34)5-20(36-19(14)4-16(15)26)21(35)32-22-9-23(10-22,11-22)33-8-12(6-31-33)17-2-1-13(7-30-17)24(27,28)29/h1-4,6-8,18,20,34H,5,9-11H2,(H,32,35)/t18-,20-,22?,23?/m1/s1. The number of rotatable bonds is 4. The second-order valence-corrected chi connectivity index (χ2v) is 10.6. The minimum absolute atomic E-state index is 0.0979. The molecule has 0 radical (unpaired) electrons. The number of carbonyl (C=O) groups excluding carboxylic acids is 1. The number of nitrogens with zero attached hydrogens (tertiary/aromatic N) is 3. The summed E-state index contributed by atoms with van der Waals surface area (Å²) in [5.41, 5.74) is 0.0890. The molecule has 1 amide bonds. The normalized spacial score (nSPS) is 28.4. The summed E-state index contributed by atoms with van der Waals surface area (Å²) in [7, 11) is 0. The summed E-state index contributed by atoms with van der Waals surface area (Å²) in [5, 5.41) is 18.5. The molecule has 3 heterocycles. The zero-order chi connectivity index (χ0) is 25.5. The van der Waals surface area contributed by atoms with E-state index in [1.165, 1.54) is 12.1 Å².